The van der Waals surface area contributed by atoms with Crippen molar-refractivity contribution in [3.05, 3.63) is 76.6 Å². The van der Waals surface area contributed by atoms with Crippen LogP contribution in [0.15, 0.2) is 48.8 Å². The third-order valence-corrected chi connectivity index (χ3v) is 6.67. The fourth-order valence-electron chi connectivity index (χ4n) is 4.77. The lowest BCUT2D eigenvalue weighted by Crippen LogP contribution is -2.24. The summed E-state index contributed by atoms with van der Waals surface area (Å²) < 4.78 is 43.6. The van der Waals surface area contributed by atoms with Crippen LogP contribution in [-0.4, -0.2) is 32.2 Å². The Morgan fingerprint density at radius 3 is 2.51 bits per heavy atom. The molecule has 0 saturated carbocycles. The number of pyridine rings is 1. The van der Waals surface area contributed by atoms with E-state index in [-0.39, 0.29) is 23.5 Å². The van der Waals surface area contributed by atoms with E-state index in [0.29, 0.717) is 52.4 Å². The maximum absolute atomic E-state index is 13.9. The van der Waals surface area contributed by atoms with Crippen molar-refractivity contribution in [3.63, 3.8) is 0 Å². The summed E-state index contributed by atoms with van der Waals surface area (Å²) in [6.45, 7) is 3.92. The second kappa shape index (κ2) is 9.87. The first-order valence-corrected chi connectivity index (χ1v) is 12.3. The largest absolute Gasteiger partial charge is 0.416 e. The zero-order chi connectivity index (χ0) is 27.9. The van der Waals surface area contributed by atoms with E-state index in [2.05, 4.69) is 26.6 Å². The van der Waals surface area contributed by atoms with Gasteiger partial charge in [0.2, 0.25) is 0 Å². The fraction of sp³-hybridized carbons (Fsp3) is 0.250. The number of fused-ring (bicyclic) bond motifs is 1. The normalized spacial score (nSPS) is 12.9. The molecule has 8 nitrogen and oxygen atoms in total. The first-order valence-electron chi connectivity index (χ1n) is 12.3. The van der Waals surface area contributed by atoms with Crippen LogP contribution in [0.3, 0.4) is 0 Å². The average Bonchev–Trinajstić information content (AvgIpc) is 3.49. The summed E-state index contributed by atoms with van der Waals surface area (Å²) in [5.74, 6) is 0.653. The van der Waals surface area contributed by atoms with E-state index < -0.39 is 17.6 Å². The fourth-order valence-corrected chi connectivity index (χ4v) is 4.77. The minimum atomic E-state index is -4.59. The molecule has 1 aliphatic rings. The van der Waals surface area contributed by atoms with Crippen LogP contribution in [0.5, 0.6) is 0 Å². The molecule has 2 aromatic carbocycles. The maximum Gasteiger partial charge on any atom is 0.416 e. The number of anilines is 2. The van der Waals surface area contributed by atoms with Crippen molar-refractivity contribution in [2.45, 2.75) is 33.0 Å². The number of hydrogen-bond donors (Lipinski definition) is 1. The van der Waals surface area contributed by atoms with Crippen molar-refractivity contribution in [2.24, 2.45) is 7.05 Å². The summed E-state index contributed by atoms with van der Waals surface area (Å²) in [4.78, 5) is 19.3. The van der Waals surface area contributed by atoms with Gasteiger partial charge in [-0.25, -0.2) is 4.98 Å². The molecule has 0 atom stereocenters. The highest BCUT2D eigenvalue weighted by molar-refractivity contribution is 6.10. The molecule has 0 fully saturated rings. The van der Waals surface area contributed by atoms with Crippen molar-refractivity contribution in [1.82, 2.24) is 19.7 Å². The van der Waals surface area contributed by atoms with Crippen LogP contribution in [0.1, 0.15) is 46.5 Å². The first kappa shape index (κ1) is 25.9. The van der Waals surface area contributed by atoms with Crippen molar-refractivity contribution in [2.75, 3.05) is 16.8 Å². The van der Waals surface area contributed by atoms with E-state index in [9.17, 15) is 23.2 Å². The molecule has 0 aliphatic carbocycles. The molecule has 1 amide bonds. The third kappa shape index (κ3) is 4.69. The van der Waals surface area contributed by atoms with Crippen LogP contribution >= 0.6 is 0 Å². The van der Waals surface area contributed by atoms with E-state index in [1.807, 2.05) is 6.92 Å². The number of amides is 1. The third-order valence-electron chi connectivity index (χ3n) is 6.67. The van der Waals surface area contributed by atoms with Gasteiger partial charge in [-0.2, -0.15) is 18.4 Å². The molecular formula is C28H24F3N7O. The molecule has 198 valence electrons. The van der Waals surface area contributed by atoms with Crippen LogP contribution in [0.4, 0.5) is 24.8 Å². The van der Waals surface area contributed by atoms with Gasteiger partial charge in [-0.15, -0.1) is 10.2 Å². The quantitative estimate of drug-likeness (QED) is 0.348. The van der Waals surface area contributed by atoms with E-state index in [4.69, 9.17) is 0 Å². The summed E-state index contributed by atoms with van der Waals surface area (Å²) in [6.07, 6.45) is -2.68. The monoisotopic (exact) mass is 531 g/mol. The Labute approximate surface area is 222 Å². The highest BCUT2D eigenvalue weighted by atomic mass is 19.4. The van der Waals surface area contributed by atoms with Gasteiger partial charge in [-0.05, 0) is 72.0 Å². The van der Waals surface area contributed by atoms with Crippen LogP contribution in [0, 0.1) is 11.3 Å². The van der Waals surface area contributed by atoms with Crippen molar-refractivity contribution in [3.8, 4) is 28.6 Å². The SMILES string of the molecule is CCNc1cc(-c2ccc(C#N)cc2-c2nncn2C)cc(N2Cc3c(cc(CC)cc3C(F)(F)F)C2=O)n1. The van der Waals surface area contributed by atoms with Gasteiger partial charge < -0.3 is 9.88 Å². The van der Waals surface area contributed by atoms with Gasteiger partial charge in [-0.1, -0.05) is 13.0 Å². The van der Waals surface area contributed by atoms with Crippen LogP contribution in [-0.2, 0) is 26.2 Å². The Morgan fingerprint density at radius 2 is 1.87 bits per heavy atom. The minimum absolute atomic E-state index is 0.0389. The van der Waals surface area contributed by atoms with Gasteiger partial charge in [0, 0.05) is 24.7 Å². The molecule has 39 heavy (non-hydrogen) atoms. The summed E-state index contributed by atoms with van der Waals surface area (Å²) in [7, 11) is 1.78. The summed E-state index contributed by atoms with van der Waals surface area (Å²) in [5, 5.41) is 20.8. The van der Waals surface area contributed by atoms with E-state index in [1.165, 1.54) is 11.0 Å². The zero-order valence-electron chi connectivity index (χ0n) is 21.5. The molecule has 0 unspecified atom stereocenters. The van der Waals surface area contributed by atoms with Crippen LogP contribution in [0.25, 0.3) is 22.5 Å². The number of aryl methyl sites for hydroxylation is 2. The summed E-state index contributed by atoms with van der Waals surface area (Å²) >= 11 is 0. The number of hydrogen-bond acceptors (Lipinski definition) is 6. The molecule has 0 spiro atoms. The molecule has 2 aromatic heterocycles. The number of alkyl halides is 3. The number of nitrogens with zero attached hydrogens (tertiary/aromatic N) is 6. The summed E-state index contributed by atoms with van der Waals surface area (Å²) in [5.41, 5.74) is 2.03. The van der Waals surface area contributed by atoms with Crippen molar-refractivity contribution in [1.29, 1.82) is 5.26 Å². The summed E-state index contributed by atoms with van der Waals surface area (Å²) in [6, 6.07) is 13.4. The molecular weight excluding hydrogens is 507 g/mol. The number of aromatic nitrogens is 4. The Balaban J connectivity index is 1.66. The second-order valence-corrected chi connectivity index (χ2v) is 9.18. The highest BCUT2D eigenvalue weighted by Gasteiger charge is 2.40. The molecule has 0 radical (unpaired) electrons. The molecule has 4 aromatic rings. The van der Waals surface area contributed by atoms with Gasteiger partial charge in [0.15, 0.2) is 5.82 Å². The smallest absolute Gasteiger partial charge is 0.370 e. The van der Waals surface area contributed by atoms with E-state index >= 15 is 0 Å². The van der Waals surface area contributed by atoms with Crippen LogP contribution in [0.2, 0.25) is 0 Å². The van der Waals surface area contributed by atoms with Crippen LogP contribution < -0.4 is 10.2 Å². The zero-order valence-corrected chi connectivity index (χ0v) is 21.5. The predicted octanol–water partition coefficient (Wildman–Crippen LogP) is 5.59. The number of rotatable bonds is 6. The van der Waals surface area contributed by atoms with E-state index in [0.717, 1.165) is 6.07 Å². The first-order chi connectivity index (χ1) is 18.6. The number of nitriles is 1. The molecule has 0 saturated heterocycles. The number of carbonyl (C=O) groups excluding carboxylic acids is 1. The molecule has 11 heteroatoms. The van der Waals surface area contributed by atoms with Gasteiger partial charge in [0.05, 0.1) is 23.7 Å². The van der Waals surface area contributed by atoms with E-state index in [1.54, 1.807) is 55.2 Å². The number of benzene rings is 2. The number of nitrogens with one attached hydrogen (secondary N) is 1. The Hall–Kier alpha value is -4.72. The molecule has 1 N–H and O–H groups in total. The standard InChI is InChI=1S/C28H24F3N7O/c1-4-16-8-21-22(23(10-16)28(29,30)31)14-38(27(21)39)25-12-18(11-24(35-25)33-5-2)19-7-6-17(13-32)9-20(19)26-36-34-15-37(26)3/h6-12,15H,4-5,14H2,1-3H3,(H,33,35). The molecule has 0 bridgehead atoms. The Kier molecular flexibility index (Phi) is 6.56. The minimum Gasteiger partial charge on any atom is -0.370 e. The molecule has 3 heterocycles. The molecule has 1 aliphatic heterocycles. The lowest BCUT2D eigenvalue weighted by molar-refractivity contribution is -0.138. The highest BCUT2D eigenvalue weighted by Crippen LogP contribution is 2.41. The Morgan fingerprint density at radius 1 is 1.08 bits per heavy atom. The van der Waals surface area contributed by atoms with Gasteiger partial charge >= 0.3 is 6.18 Å². The van der Waals surface area contributed by atoms with Crippen molar-refractivity contribution < 1.29 is 18.0 Å². The van der Waals surface area contributed by atoms with Gasteiger partial charge in [0.1, 0.15) is 18.0 Å². The number of halogens is 3. The van der Waals surface area contributed by atoms with Crippen molar-refractivity contribution >= 4 is 17.5 Å². The lowest BCUT2D eigenvalue weighted by atomic mass is 9.97. The topological polar surface area (TPSA) is 99.7 Å². The number of carbonyl (C=O) groups is 1. The lowest BCUT2D eigenvalue weighted by Gasteiger charge is -2.19. The van der Waals surface area contributed by atoms with Gasteiger partial charge in [0.25, 0.3) is 5.91 Å². The Bertz CT molecular complexity index is 1640. The second-order valence-electron chi connectivity index (χ2n) is 9.18. The average molecular weight is 532 g/mol. The maximum atomic E-state index is 13.9. The molecule has 5 rings (SSSR count). The van der Waals surface area contributed by atoms with Gasteiger partial charge in [-0.3, -0.25) is 9.69 Å². The predicted molar refractivity (Wildman–Crippen MR) is 140 cm³/mol.